The minimum Gasteiger partial charge on any atom is -0.464 e. The third-order valence-electron chi connectivity index (χ3n) is 1.78. The van der Waals surface area contributed by atoms with Gasteiger partial charge in [-0.15, -0.1) is 0 Å². The number of nitrogens with one attached hydrogen (secondary N) is 1. The number of ether oxygens (including phenoxy) is 1. The lowest BCUT2D eigenvalue weighted by Crippen LogP contribution is -2.26. The minimum absolute atomic E-state index is 0.0761. The van der Waals surface area contributed by atoms with Crippen LogP contribution in [0.2, 0.25) is 0 Å². The molecule has 0 aliphatic heterocycles. The van der Waals surface area contributed by atoms with Crippen LogP contribution in [0.3, 0.4) is 0 Å². The number of rotatable bonds is 4. The van der Waals surface area contributed by atoms with Gasteiger partial charge in [0.05, 0.1) is 19.5 Å². The summed E-state index contributed by atoms with van der Waals surface area (Å²) >= 11 is 0. The molecule has 3 N–H and O–H groups in total. The maximum atomic E-state index is 11.1. The maximum absolute atomic E-state index is 11.1. The number of anilines is 1. The van der Waals surface area contributed by atoms with Crippen LogP contribution in [0.5, 0.6) is 0 Å². The topological polar surface area (TPSA) is 90.1 Å². The summed E-state index contributed by atoms with van der Waals surface area (Å²) in [5.74, 6) is 0.00222. The summed E-state index contributed by atoms with van der Waals surface area (Å²) in [6, 6.07) is 0.0761. The second-order valence-electron chi connectivity index (χ2n) is 3.06. The van der Waals surface area contributed by atoms with Gasteiger partial charge in [0.2, 0.25) is 0 Å². The quantitative estimate of drug-likeness (QED) is 0.681. The van der Waals surface area contributed by atoms with E-state index in [9.17, 15) is 4.79 Å². The maximum Gasteiger partial charge on any atom is 0.358 e. The van der Waals surface area contributed by atoms with Gasteiger partial charge >= 0.3 is 5.97 Å². The fraction of sp³-hybridized carbons (Fsp3) is 0.444. The van der Waals surface area contributed by atoms with Gasteiger partial charge in [-0.3, -0.25) is 4.98 Å². The molecule has 6 nitrogen and oxygen atoms in total. The van der Waals surface area contributed by atoms with E-state index in [1.54, 1.807) is 0 Å². The van der Waals surface area contributed by atoms with Crippen molar-refractivity contribution in [3.8, 4) is 0 Å². The third kappa shape index (κ3) is 3.17. The standard InChI is InChI=1S/C9H14N4O2/c1-6(3-10)12-8-5-11-4-7(13-8)9(14)15-2/h4-6H,3,10H2,1-2H3,(H,12,13). The van der Waals surface area contributed by atoms with E-state index in [0.717, 1.165) is 0 Å². The van der Waals surface area contributed by atoms with Crippen LogP contribution in [0.4, 0.5) is 5.82 Å². The summed E-state index contributed by atoms with van der Waals surface area (Å²) < 4.78 is 4.53. The number of carbonyl (C=O) groups is 1. The van der Waals surface area contributed by atoms with Crippen molar-refractivity contribution in [1.82, 2.24) is 9.97 Å². The predicted molar refractivity (Wildman–Crippen MR) is 55.5 cm³/mol. The zero-order valence-corrected chi connectivity index (χ0v) is 8.73. The van der Waals surface area contributed by atoms with Crippen molar-refractivity contribution in [2.24, 2.45) is 5.73 Å². The van der Waals surface area contributed by atoms with Crippen LogP contribution >= 0.6 is 0 Å². The first-order valence-corrected chi connectivity index (χ1v) is 4.54. The van der Waals surface area contributed by atoms with E-state index in [-0.39, 0.29) is 11.7 Å². The summed E-state index contributed by atoms with van der Waals surface area (Å²) in [5, 5.41) is 3.00. The first kappa shape index (κ1) is 11.4. The Morgan fingerprint density at radius 1 is 1.67 bits per heavy atom. The van der Waals surface area contributed by atoms with E-state index in [1.165, 1.54) is 19.5 Å². The Morgan fingerprint density at radius 3 is 3.00 bits per heavy atom. The molecule has 1 heterocycles. The molecule has 0 aliphatic rings. The number of esters is 1. The van der Waals surface area contributed by atoms with Gasteiger partial charge in [0, 0.05) is 12.6 Å². The van der Waals surface area contributed by atoms with Gasteiger partial charge in [0.1, 0.15) is 5.82 Å². The van der Waals surface area contributed by atoms with Gasteiger partial charge in [-0.05, 0) is 6.92 Å². The number of hydrogen-bond donors (Lipinski definition) is 2. The van der Waals surface area contributed by atoms with Crippen molar-refractivity contribution in [3.05, 3.63) is 18.1 Å². The fourth-order valence-corrected chi connectivity index (χ4v) is 0.950. The number of nitrogens with zero attached hydrogens (tertiary/aromatic N) is 2. The molecule has 0 bridgehead atoms. The highest BCUT2D eigenvalue weighted by molar-refractivity contribution is 5.87. The Labute approximate surface area is 87.9 Å². The van der Waals surface area contributed by atoms with E-state index >= 15 is 0 Å². The molecule has 0 aromatic carbocycles. The first-order valence-electron chi connectivity index (χ1n) is 4.54. The second-order valence-corrected chi connectivity index (χ2v) is 3.06. The third-order valence-corrected chi connectivity index (χ3v) is 1.78. The smallest absolute Gasteiger partial charge is 0.358 e. The van der Waals surface area contributed by atoms with E-state index in [1.807, 2.05) is 6.92 Å². The number of carbonyl (C=O) groups excluding carboxylic acids is 1. The average Bonchev–Trinajstić information content (AvgIpc) is 2.28. The molecule has 0 saturated carbocycles. The molecule has 82 valence electrons. The summed E-state index contributed by atoms with van der Waals surface area (Å²) in [7, 11) is 1.30. The van der Waals surface area contributed by atoms with Crippen LogP contribution in [-0.4, -0.2) is 35.6 Å². The summed E-state index contributed by atoms with van der Waals surface area (Å²) in [4.78, 5) is 19.0. The van der Waals surface area contributed by atoms with Crippen molar-refractivity contribution in [3.63, 3.8) is 0 Å². The molecular weight excluding hydrogens is 196 g/mol. The van der Waals surface area contributed by atoms with Gasteiger partial charge < -0.3 is 15.8 Å². The minimum atomic E-state index is -0.508. The molecular formula is C9H14N4O2. The van der Waals surface area contributed by atoms with Gasteiger partial charge in [0.15, 0.2) is 5.69 Å². The fourth-order valence-electron chi connectivity index (χ4n) is 0.950. The van der Waals surface area contributed by atoms with Crippen molar-refractivity contribution in [2.45, 2.75) is 13.0 Å². The van der Waals surface area contributed by atoms with E-state index in [4.69, 9.17) is 5.73 Å². The molecule has 1 aromatic heterocycles. The van der Waals surface area contributed by atoms with Crippen LogP contribution in [-0.2, 0) is 4.74 Å². The molecule has 1 unspecified atom stereocenters. The lowest BCUT2D eigenvalue weighted by molar-refractivity contribution is 0.0593. The van der Waals surface area contributed by atoms with Crippen LogP contribution in [0.15, 0.2) is 12.4 Å². The highest BCUT2D eigenvalue weighted by atomic mass is 16.5. The Kier molecular flexibility index (Phi) is 3.99. The molecule has 1 rings (SSSR count). The normalized spacial score (nSPS) is 11.9. The molecule has 0 aliphatic carbocycles. The number of nitrogens with two attached hydrogens (primary N) is 1. The van der Waals surface area contributed by atoms with Gasteiger partial charge in [-0.2, -0.15) is 0 Å². The molecule has 0 saturated heterocycles. The first-order chi connectivity index (χ1) is 7.17. The summed E-state index contributed by atoms with van der Waals surface area (Å²) in [5.41, 5.74) is 5.61. The Bertz CT molecular complexity index is 343. The Balaban J connectivity index is 2.78. The van der Waals surface area contributed by atoms with Crippen molar-refractivity contribution in [1.29, 1.82) is 0 Å². The van der Waals surface area contributed by atoms with Crippen molar-refractivity contribution < 1.29 is 9.53 Å². The summed E-state index contributed by atoms with van der Waals surface area (Å²) in [6.45, 7) is 2.39. The van der Waals surface area contributed by atoms with Gasteiger partial charge in [-0.1, -0.05) is 0 Å². The zero-order valence-electron chi connectivity index (χ0n) is 8.73. The number of aromatic nitrogens is 2. The van der Waals surface area contributed by atoms with E-state index in [0.29, 0.717) is 12.4 Å². The zero-order chi connectivity index (χ0) is 11.3. The largest absolute Gasteiger partial charge is 0.464 e. The molecule has 0 fully saturated rings. The SMILES string of the molecule is COC(=O)c1cncc(NC(C)CN)n1. The van der Waals surface area contributed by atoms with Crippen molar-refractivity contribution in [2.75, 3.05) is 19.0 Å². The lowest BCUT2D eigenvalue weighted by atomic mass is 10.3. The van der Waals surface area contributed by atoms with E-state index < -0.39 is 5.97 Å². The molecule has 0 amide bonds. The van der Waals surface area contributed by atoms with Crippen LogP contribution in [0.1, 0.15) is 17.4 Å². The Hall–Kier alpha value is -1.69. The van der Waals surface area contributed by atoms with Crippen LogP contribution in [0.25, 0.3) is 0 Å². The van der Waals surface area contributed by atoms with Crippen LogP contribution in [0, 0.1) is 0 Å². The van der Waals surface area contributed by atoms with Crippen LogP contribution < -0.4 is 11.1 Å². The number of hydrogen-bond acceptors (Lipinski definition) is 6. The number of methoxy groups -OCH3 is 1. The lowest BCUT2D eigenvalue weighted by Gasteiger charge is -2.11. The van der Waals surface area contributed by atoms with Crippen molar-refractivity contribution >= 4 is 11.8 Å². The Morgan fingerprint density at radius 2 is 2.40 bits per heavy atom. The van der Waals surface area contributed by atoms with Gasteiger partial charge in [0.25, 0.3) is 0 Å². The highest BCUT2D eigenvalue weighted by Crippen LogP contribution is 2.04. The highest BCUT2D eigenvalue weighted by Gasteiger charge is 2.09. The van der Waals surface area contributed by atoms with E-state index in [2.05, 4.69) is 20.0 Å². The molecule has 0 radical (unpaired) electrons. The monoisotopic (exact) mass is 210 g/mol. The molecule has 6 heteroatoms. The predicted octanol–water partition coefficient (Wildman–Crippen LogP) is 0.0223. The molecule has 15 heavy (non-hydrogen) atoms. The second kappa shape index (κ2) is 5.26. The molecule has 1 aromatic rings. The average molecular weight is 210 g/mol. The molecule has 1 atom stereocenters. The summed E-state index contributed by atoms with van der Waals surface area (Å²) in [6.07, 6.45) is 2.88. The van der Waals surface area contributed by atoms with Gasteiger partial charge in [-0.25, -0.2) is 9.78 Å². The molecule has 0 spiro atoms.